The van der Waals surface area contributed by atoms with Crippen LogP contribution in [0.4, 0.5) is 4.39 Å². The topological polar surface area (TPSA) is 20.2 Å². The molecular formula is C20H21FO. The van der Waals surface area contributed by atoms with Crippen LogP contribution in [0.1, 0.15) is 41.5 Å². The van der Waals surface area contributed by atoms with Crippen LogP contribution in [0, 0.1) is 5.82 Å². The largest absolute Gasteiger partial charge is 0.380 e. The number of fused-ring (bicyclic) bond motifs is 1. The molecule has 0 aromatic heterocycles. The minimum Gasteiger partial charge on any atom is -0.380 e. The predicted octanol–water partition coefficient (Wildman–Crippen LogP) is 4.52. The SMILES string of the molecule is C=CCc1ccccc1C1(O)CCCCc2ccc(F)cc21. The fraction of sp³-hybridized carbons (Fsp3) is 0.300. The quantitative estimate of drug-likeness (QED) is 0.652. The lowest BCUT2D eigenvalue weighted by Gasteiger charge is -2.31. The van der Waals surface area contributed by atoms with Crippen molar-refractivity contribution in [2.24, 2.45) is 0 Å². The summed E-state index contributed by atoms with van der Waals surface area (Å²) in [7, 11) is 0. The number of halogens is 1. The summed E-state index contributed by atoms with van der Waals surface area (Å²) < 4.78 is 13.8. The highest BCUT2D eigenvalue weighted by molar-refractivity contribution is 5.45. The summed E-state index contributed by atoms with van der Waals surface area (Å²) in [6.45, 7) is 3.80. The van der Waals surface area contributed by atoms with Crippen LogP contribution in [0.25, 0.3) is 0 Å². The molecule has 1 nitrogen and oxygen atoms in total. The zero-order chi connectivity index (χ0) is 15.6. The van der Waals surface area contributed by atoms with E-state index in [9.17, 15) is 9.50 Å². The van der Waals surface area contributed by atoms with Crippen LogP contribution in [0.15, 0.2) is 55.1 Å². The molecule has 2 aromatic rings. The predicted molar refractivity (Wildman–Crippen MR) is 87.3 cm³/mol. The van der Waals surface area contributed by atoms with Crippen molar-refractivity contribution in [2.45, 2.75) is 37.7 Å². The van der Waals surface area contributed by atoms with E-state index in [0.717, 1.165) is 41.5 Å². The monoisotopic (exact) mass is 296 g/mol. The highest BCUT2D eigenvalue weighted by Gasteiger charge is 2.36. The molecule has 1 aliphatic rings. The van der Waals surface area contributed by atoms with E-state index >= 15 is 0 Å². The van der Waals surface area contributed by atoms with Gasteiger partial charge in [-0.15, -0.1) is 6.58 Å². The Bertz CT molecular complexity index is 692. The maximum atomic E-state index is 13.8. The molecule has 114 valence electrons. The van der Waals surface area contributed by atoms with E-state index in [1.165, 1.54) is 12.1 Å². The van der Waals surface area contributed by atoms with Crippen molar-refractivity contribution in [3.05, 3.63) is 83.2 Å². The lowest BCUT2D eigenvalue weighted by molar-refractivity contribution is 0.0693. The van der Waals surface area contributed by atoms with Gasteiger partial charge in [-0.25, -0.2) is 4.39 Å². The molecule has 1 N–H and O–H groups in total. The van der Waals surface area contributed by atoms with Gasteiger partial charge in [0.05, 0.1) is 0 Å². The molecule has 0 saturated carbocycles. The lowest BCUT2D eigenvalue weighted by Crippen LogP contribution is -2.29. The number of benzene rings is 2. The second-order valence-corrected chi connectivity index (χ2v) is 6.02. The van der Waals surface area contributed by atoms with Gasteiger partial charge in [-0.1, -0.05) is 36.4 Å². The van der Waals surface area contributed by atoms with Crippen molar-refractivity contribution in [3.8, 4) is 0 Å². The molecule has 0 radical (unpaired) electrons. The van der Waals surface area contributed by atoms with Crippen LogP contribution in [-0.4, -0.2) is 5.11 Å². The third kappa shape index (κ3) is 2.59. The van der Waals surface area contributed by atoms with Gasteiger partial charge >= 0.3 is 0 Å². The Kier molecular flexibility index (Phi) is 4.12. The minimum atomic E-state index is -1.12. The molecule has 2 aromatic carbocycles. The molecule has 1 unspecified atom stereocenters. The molecule has 22 heavy (non-hydrogen) atoms. The first kappa shape index (κ1) is 15.0. The third-order valence-corrected chi connectivity index (χ3v) is 4.58. The number of aliphatic hydroxyl groups is 1. The first-order chi connectivity index (χ1) is 10.6. The summed E-state index contributed by atoms with van der Waals surface area (Å²) in [6.07, 6.45) is 5.99. The zero-order valence-corrected chi connectivity index (χ0v) is 12.7. The summed E-state index contributed by atoms with van der Waals surface area (Å²) in [5.74, 6) is -0.291. The van der Waals surface area contributed by atoms with E-state index in [2.05, 4.69) is 6.58 Å². The summed E-state index contributed by atoms with van der Waals surface area (Å²) >= 11 is 0. The summed E-state index contributed by atoms with van der Waals surface area (Å²) in [5.41, 5.74) is 2.59. The Labute approximate surface area is 131 Å². The number of rotatable bonds is 3. The van der Waals surface area contributed by atoms with Crippen LogP contribution >= 0.6 is 0 Å². The van der Waals surface area contributed by atoms with Crippen molar-refractivity contribution in [3.63, 3.8) is 0 Å². The zero-order valence-electron chi connectivity index (χ0n) is 12.7. The molecule has 1 atom stereocenters. The van der Waals surface area contributed by atoms with Gasteiger partial charge in [0.25, 0.3) is 0 Å². The van der Waals surface area contributed by atoms with Crippen LogP contribution in [-0.2, 0) is 18.4 Å². The second kappa shape index (κ2) is 6.05. The molecule has 0 saturated heterocycles. The fourth-order valence-corrected chi connectivity index (χ4v) is 3.52. The van der Waals surface area contributed by atoms with Gasteiger partial charge in [-0.3, -0.25) is 0 Å². The Morgan fingerprint density at radius 2 is 1.95 bits per heavy atom. The van der Waals surface area contributed by atoms with E-state index in [4.69, 9.17) is 0 Å². The number of aryl methyl sites for hydroxylation is 1. The van der Waals surface area contributed by atoms with Crippen LogP contribution in [0.2, 0.25) is 0 Å². The molecule has 0 bridgehead atoms. The smallest absolute Gasteiger partial charge is 0.123 e. The molecular weight excluding hydrogens is 275 g/mol. The fourth-order valence-electron chi connectivity index (χ4n) is 3.52. The van der Waals surface area contributed by atoms with Gasteiger partial charge in [-0.2, -0.15) is 0 Å². The van der Waals surface area contributed by atoms with Gasteiger partial charge in [0, 0.05) is 0 Å². The highest BCUT2D eigenvalue weighted by Crippen LogP contribution is 2.41. The summed E-state index contributed by atoms with van der Waals surface area (Å²) in [4.78, 5) is 0. The standard InChI is InChI=1S/C20H21FO/c1-2-7-15-8-3-4-10-18(15)20(22)13-6-5-9-16-11-12-17(21)14-19(16)20/h2-4,8,10-12,14,22H,1,5-7,9,13H2. The van der Waals surface area contributed by atoms with Crippen molar-refractivity contribution in [1.29, 1.82) is 0 Å². The van der Waals surface area contributed by atoms with Crippen molar-refractivity contribution < 1.29 is 9.50 Å². The normalized spacial score (nSPS) is 21.0. The van der Waals surface area contributed by atoms with Crippen molar-refractivity contribution in [2.75, 3.05) is 0 Å². The van der Waals surface area contributed by atoms with Crippen LogP contribution in [0.3, 0.4) is 0 Å². The van der Waals surface area contributed by atoms with Crippen LogP contribution < -0.4 is 0 Å². The number of hydrogen-bond acceptors (Lipinski definition) is 1. The van der Waals surface area contributed by atoms with E-state index in [1.807, 2.05) is 36.4 Å². The van der Waals surface area contributed by atoms with Crippen molar-refractivity contribution >= 4 is 0 Å². The Morgan fingerprint density at radius 3 is 2.77 bits per heavy atom. The number of hydrogen-bond donors (Lipinski definition) is 1. The average Bonchev–Trinajstić information content (AvgIpc) is 2.69. The van der Waals surface area contributed by atoms with E-state index in [0.29, 0.717) is 12.8 Å². The first-order valence-corrected chi connectivity index (χ1v) is 7.86. The Balaban J connectivity index is 2.21. The highest BCUT2D eigenvalue weighted by atomic mass is 19.1. The van der Waals surface area contributed by atoms with E-state index in [-0.39, 0.29) is 5.82 Å². The van der Waals surface area contributed by atoms with Gasteiger partial charge < -0.3 is 5.11 Å². The lowest BCUT2D eigenvalue weighted by atomic mass is 9.79. The first-order valence-electron chi connectivity index (χ1n) is 7.86. The molecule has 0 fully saturated rings. The maximum absolute atomic E-state index is 13.8. The van der Waals surface area contributed by atoms with Gasteiger partial charge in [-0.05, 0) is 66.5 Å². The van der Waals surface area contributed by atoms with Crippen molar-refractivity contribution in [1.82, 2.24) is 0 Å². The van der Waals surface area contributed by atoms with Gasteiger partial charge in [0.15, 0.2) is 0 Å². The molecule has 1 aliphatic carbocycles. The molecule has 0 spiro atoms. The van der Waals surface area contributed by atoms with E-state index < -0.39 is 5.60 Å². The number of allylic oxidation sites excluding steroid dienone is 1. The second-order valence-electron chi connectivity index (χ2n) is 6.02. The Hall–Kier alpha value is -1.93. The Morgan fingerprint density at radius 1 is 1.14 bits per heavy atom. The van der Waals surface area contributed by atoms with Gasteiger partial charge in [0.1, 0.15) is 11.4 Å². The summed E-state index contributed by atoms with van der Waals surface area (Å²) in [6, 6.07) is 12.7. The van der Waals surface area contributed by atoms with Gasteiger partial charge in [0.2, 0.25) is 0 Å². The maximum Gasteiger partial charge on any atom is 0.123 e. The molecule has 2 heteroatoms. The average molecular weight is 296 g/mol. The molecule has 0 heterocycles. The molecule has 0 amide bonds. The third-order valence-electron chi connectivity index (χ3n) is 4.58. The molecule has 0 aliphatic heterocycles. The van der Waals surface area contributed by atoms with Crippen LogP contribution in [0.5, 0.6) is 0 Å². The minimum absolute atomic E-state index is 0.291. The summed E-state index contributed by atoms with van der Waals surface area (Å²) in [5, 5.41) is 11.5. The molecule has 3 rings (SSSR count). The van der Waals surface area contributed by atoms with E-state index in [1.54, 1.807) is 0 Å².